The summed E-state index contributed by atoms with van der Waals surface area (Å²) in [5.74, 6) is -0.797. The van der Waals surface area contributed by atoms with Crippen LogP contribution in [0.25, 0.3) is 22.4 Å². The van der Waals surface area contributed by atoms with Crippen molar-refractivity contribution in [2.24, 2.45) is 0 Å². The normalized spacial score (nSPS) is 12.0. The lowest BCUT2D eigenvalue weighted by atomic mass is 10.2. The number of aromatic nitrogens is 5. The van der Waals surface area contributed by atoms with Crippen LogP contribution in [0, 0.1) is 0 Å². The minimum atomic E-state index is -3.85. The van der Waals surface area contributed by atoms with Crippen molar-refractivity contribution in [1.29, 1.82) is 0 Å². The maximum absolute atomic E-state index is 12.5. The lowest BCUT2D eigenvalue weighted by Crippen LogP contribution is -2.12. The Hall–Kier alpha value is -3.41. The molecule has 0 aliphatic carbocycles. The van der Waals surface area contributed by atoms with Crippen molar-refractivity contribution in [3.63, 3.8) is 0 Å². The van der Waals surface area contributed by atoms with E-state index in [2.05, 4.69) is 34.8 Å². The maximum Gasteiger partial charge on any atom is 0.315 e. The molecule has 12 heteroatoms. The molecule has 9 nitrogen and oxygen atoms in total. The molecule has 2 N–H and O–H groups in total. The summed E-state index contributed by atoms with van der Waals surface area (Å²) in [7, 11) is -3.85. The molecule has 0 unspecified atom stereocenters. The molecule has 0 fully saturated rings. The van der Waals surface area contributed by atoms with Crippen LogP contribution in [-0.4, -0.2) is 34.0 Å². The van der Waals surface area contributed by atoms with E-state index in [1.165, 1.54) is 42.5 Å². The monoisotopic (exact) mass is 392 g/mol. The molecule has 0 bridgehead atoms. The lowest BCUT2D eigenvalue weighted by Gasteiger charge is -2.08. The van der Waals surface area contributed by atoms with Gasteiger partial charge in [0.25, 0.3) is 15.9 Å². The van der Waals surface area contributed by atoms with Crippen LogP contribution in [0.5, 0.6) is 0 Å². The number of nitrogens with zero attached hydrogens (tertiary/aromatic N) is 4. The van der Waals surface area contributed by atoms with Gasteiger partial charge in [-0.1, -0.05) is 5.16 Å². The third-order valence-electron chi connectivity index (χ3n) is 3.62. The van der Waals surface area contributed by atoms with Gasteiger partial charge in [-0.25, -0.2) is 8.42 Å². The van der Waals surface area contributed by atoms with E-state index in [-0.39, 0.29) is 16.4 Å². The molecule has 27 heavy (non-hydrogen) atoms. The summed E-state index contributed by atoms with van der Waals surface area (Å²) in [6.45, 7) is 0. The minimum absolute atomic E-state index is 0.0174. The first kappa shape index (κ1) is 17.0. The molecule has 0 aliphatic heterocycles. The zero-order chi connectivity index (χ0) is 19.0. The van der Waals surface area contributed by atoms with Crippen LogP contribution in [-0.2, 0) is 10.0 Å². The van der Waals surface area contributed by atoms with Crippen molar-refractivity contribution in [2.75, 3.05) is 4.72 Å². The Kier molecular flexibility index (Phi) is 4.03. The third-order valence-corrected chi connectivity index (χ3v) is 5.00. The van der Waals surface area contributed by atoms with Crippen LogP contribution >= 0.6 is 0 Å². The van der Waals surface area contributed by atoms with Crippen LogP contribution < -0.4 is 4.72 Å². The first-order valence-electron chi connectivity index (χ1n) is 7.48. The topological polar surface area (TPSA) is 127 Å². The van der Waals surface area contributed by atoms with Gasteiger partial charge < -0.3 is 4.52 Å². The molecule has 4 aromatic rings. The summed E-state index contributed by atoms with van der Waals surface area (Å²) >= 11 is 0. The molecule has 0 radical (unpaired) electrons. The highest BCUT2D eigenvalue weighted by Gasteiger charge is 2.18. The summed E-state index contributed by atoms with van der Waals surface area (Å²) in [6, 6.07) is 10.2. The van der Waals surface area contributed by atoms with Gasteiger partial charge in [-0.05, 0) is 42.5 Å². The summed E-state index contributed by atoms with van der Waals surface area (Å²) < 4.78 is 56.9. The van der Waals surface area contributed by atoms with E-state index in [4.69, 9.17) is 0 Å². The van der Waals surface area contributed by atoms with Gasteiger partial charge in [-0.2, -0.15) is 29.2 Å². The zero-order valence-electron chi connectivity index (χ0n) is 13.3. The van der Waals surface area contributed by atoms with Crippen LogP contribution in [0.4, 0.5) is 14.5 Å². The second-order valence-electron chi connectivity index (χ2n) is 5.41. The molecule has 0 spiro atoms. The number of fused-ring (bicyclic) bond motifs is 1. The molecule has 4 rings (SSSR count). The van der Waals surface area contributed by atoms with Gasteiger partial charge in [0.2, 0.25) is 5.82 Å². The summed E-state index contributed by atoms with van der Waals surface area (Å²) in [5.41, 5.74) is 1.64. The van der Waals surface area contributed by atoms with E-state index in [9.17, 15) is 17.2 Å². The Morgan fingerprint density at radius 1 is 1.04 bits per heavy atom. The highest BCUT2D eigenvalue weighted by Crippen LogP contribution is 2.24. The number of hydrogen-bond acceptors (Lipinski definition) is 7. The van der Waals surface area contributed by atoms with Gasteiger partial charge in [-0.3, -0.25) is 4.72 Å². The SMILES string of the molecule is O=S(=O)(Nc1ccc(-c2noc(C(F)F)n2)cc1)c1ccc2n[nH]nc2c1. The number of halogens is 2. The van der Waals surface area contributed by atoms with Crippen molar-refractivity contribution in [1.82, 2.24) is 25.6 Å². The lowest BCUT2D eigenvalue weighted by molar-refractivity contribution is 0.106. The highest BCUT2D eigenvalue weighted by atomic mass is 32.2. The molecule has 2 aromatic heterocycles. The number of benzene rings is 2. The number of hydrogen-bond donors (Lipinski definition) is 2. The fourth-order valence-corrected chi connectivity index (χ4v) is 3.41. The molecule has 138 valence electrons. The Balaban J connectivity index is 1.56. The van der Waals surface area contributed by atoms with Gasteiger partial charge in [0.15, 0.2) is 0 Å². The first-order chi connectivity index (χ1) is 12.9. The van der Waals surface area contributed by atoms with Gasteiger partial charge in [0, 0.05) is 11.3 Å². The number of alkyl halides is 2. The summed E-state index contributed by atoms with van der Waals surface area (Å²) in [4.78, 5) is 3.59. The van der Waals surface area contributed by atoms with Crippen molar-refractivity contribution in [3.05, 3.63) is 48.4 Å². The summed E-state index contributed by atoms with van der Waals surface area (Å²) in [6.07, 6.45) is -2.86. The quantitative estimate of drug-likeness (QED) is 0.535. The molecule has 0 saturated heterocycles. The van der Waals surface area contributed by atoms with Gasteiger partial charge >= 0.3 is 6.43 Å². The second kappa shape index (κ2) is 6.39. The van der Waals surface area contributed by atoms with Crippen molar-refractivity contribution in [2.45, 2.75) is 11.3 Å². The number of nitrogens with one attached hydrogen (secondary N) is 2. The van der Waals surface area contributed by atoms with Crippen LogP contribution in [0.15, 0.2) is 51.9 Å². The molecular weight excluding hydrogens is 382 g/mol. The van der Waals surface area contributed by atoms with E-state index in [0.717, 1.165) is 0 Å². The van der Waals surface area contributed by atoms with E-state index >= 15 is 0 Å². The predicted octanol–water partition coefficient (Wildman–Crippen LogP) is 2.75. The molecule has 0 aliphatic rings. The average Bonchev–Trinajstić information content (AvgIpc) is 3.31. The Morgan fingerprint density at radius 3 is 2.48 bits per heavy atom. The van der Waals surface area contributed by atoms with Crippen LogP contribution in [0.1, 0.15) is 12.3 Å². The number of H-pyrrole nitrogens is 1. The van der Waals surface area contributed by atoms with Gasteiger partial charge in [0.05, 0.1) is 4.90 Å². The molecule has 0 saturated carbocycles. The largest absolute Gasteiger partial charge is 0.333 e. The second-order valence-corrected chi connectivity index (χ2v) is 7.10. The maximum atomic E-state index is 12.5. The Labute approximate surface area is 150 Å². The standard InChI is InChI=1S/C15H10F2N6O3S/c16-13(17)15-18-14(21-26-15)8-1-3-9(4-2-8)22-27(24,25)10-5-6-11-12(7-10)20-23-19-11/h1-7,13,22H,(H,19,20,23). The van der Waals surface area contributed by atoms with Crippen LogP contribution in [0.2, 0.25) is 0 Å². The predicted molar refractivity (Wildman–Crippen MR) is 89.4 cm³/mol. The first-order valence-corrected chi connectivity index (χ1v) is 8.96. The molecular formula is C15H10F2N6O3S. The third kappa shape index (κ3) is 3.33. The molecule has 2 aromatic carbocycles. The highest BCUT2D eigenvalue weighted by molar-refractivity contribution is 7.92. The Bertz CT molecular complexity index is 1200. The van der Waals surface area contributed by atoms with Crippen molar-refractivity contribution >= 4 is 26.7 Å². The van der Waals surface area contributed by atoms with Crippen molar-refractivity contribution in [3.8, 4) is 11.4 Å². The van der Waals surface area contributed by atoms with E-state index in [1.807, 2.05) is 0 Å². The molecule has 0 amide bonds. The van der Waals surface area contributed by atoms with Crippen LogP contribution in [0.3, 0.4) is 0 Å². The zero-order valence-corrected chi connectivity index (χ0v) is 14.1. The summed E-state index contributed by atoms with van der Waals surface area (Å²) in [5, 5.41) is 13.6. The van der Waals surface area contributed by atoms with E-state index in [1.54, 1.807) is 0 Å². The minimum Gasteiger partial charge on any atom is -0.333 e. The average molecular weight is 392 g/mol. The van der Waals surface area contributed by atoms with E-state index in [0.29, 0.717) is 16.6 Å². The van der Waals surface area contributed by atoms with Gasteiger partial charge in [0.1, 0.15) is 11.0 Å². The molecule has 2 heterocycles. The number of sulfonamides is 1. The smallest absolute Gasteiger partial charge is 0.315 e. The fourth-order valence-electron chi connectivity index (χ4n) is 2.33. The van der Waals surface area contributed by atoms with E-state index < -0.39 is 22.3 Å². The number of aromatic amines is 1. The van der Waals surface area contributed by atoms with Crippen molar-refractivity contribution < 1.29 is 21.7 Å². The fraction of sp³-hybridized carbons (Fsp3) is 0.0667. The molecule has 0 atom stereocenters. The number of anilines is 1. The van der Waals surface area contributed by atoms with Gasteiger partial charge in [-0.15, -0.1) is 0 Å². The Morgan fingerprint density at radius 2 is 1.78 bits per heavy atom. The number of rotatable bonds is 5.